The lowest BCUT2D eigenvalue weighted by molar-refractivity contribution is 0.0474. The zero-order valence-corrected chi connectivity index (χ0v) is 20.2. The SMILES string of the molecule is Cc1c(C(=O)OCc2ccccc2)c2cc(O)ccc2n1CCOc1ccc(C(C)(C)C)cc1. The van der Waals surface area contributed by atoms with E-state index in [4.69, 9.17) is 9.47 Å². The zero-order valence-electron chi connectivity index (χ0n) is 20.2. The number of carbonyl (C=O) groups excluding carboxylic acids is 1. The summed E-state index contributed by atoms with van der Waals surface area (Å²) < 4.78 is 13.6. The summed E-state index contributed by atoms with van der Waals surface area (Å²) in [6, 6.07) is 22.8. The second-order valence-electron chi connectivity index (χ2n) is 9.50. The number of hydrogen-bond donors (Lipinski definition) is 1. The zero-order chi connectivity index (χ0) is 24.3. The second-order valence-corrected chi connectivity index (χ2v) is 9.50. The van der Waals surface area contributed by atoms with Gasteiger partial charge in [-0.25, -0.2) is 4.79 Å². The highest BCUT2D eigenvalue weighted by Crippen LogP contribution is 2.30. The number of aromatic nitrogens is 1. The first-order chi connectivity index (χ1) is 16.2. The summed E-state index contributed by atoms with van der Waals surface area (Å²) >= 11 is 0. The van der Waals surface area contributed by atoms with Gasteiger partial charge in [0.25, 0.3) is 0 Å². The molecule has 1 aromatic heterocycles. The monoisotopic (exact) mass is 457 g/mol. The molecule has 0 radical (unpaired) electrons. The molecular weight excluding hydrogens is 426 g/mol. The molecule has 0 atom stereocenters. The van der Waals surface area contributed by atoms with Crippen molar-refractivity contribution in [1.82, 2.24) is 4.57 Å². The number of aromatic hydroxyl groups is 1. The number of nitrogens with zero attached hydrogens (tertiary/aromatic N) is 1. The Balaban J connectivity index is 1.52. The molecule has 34 heavy (non-hydrogen) atoms. The molecule has 0 fully saturated rings. The van der Waals surface area contributed by atoms with E-state index in [1.807, 2.05) is 60.0 Å². The number of benzene rings is 3. The summed E-state index contributed by atoms with van der Waals surface area (Å²) in [6.07, 6.45) is 0. The van der Waals surface area contributed by atoms with Crippen molar-refractivity contribution in [3.8, 4) is 11.5 Å². The fourth-order valence-corrected chi connectivity index (χ4v) is 4.12. The van der Waals surface area contributed by atoms with Crippen LogP contribution in [0.25, 0.3) is 10.9 Å². The Morgan fingerprint density at radius 3 is 2.35 bits per heavy atom. The van der Waals surface area contributed by atoms with Gasteiger partial charge in [0.15, 0.2) is 0 Å². The number of phenolic OH excluding ortho intramolecular Hbond substituents is 1. The molecule has 0 aliphatic rings. The highest BCUT2D eigenvalue weighted by molar-refractivity contribution is 6.06. The number of phenols is 1. The van der Waals surface area contributed by atoms with Crippen molar-refractivity contribution in [2.24, 2.45) is 0 Å². The number of esters is 1. The van der Waals surface area contributed by atoms with E-state index in [1.165, 1.54) is 5.56 Å². The fourth-order valence-electron chi connectivity index (χ4n) is 4.12. The van der Waals surface area contributed by atoms with Crippen molar-refractivity contribution in [2.75, 3.05) is 6.61 Å². The first-order valence-corrected chi connectivity index (χ1v) is 11.5. The normalized spacial score (nSPS) is 11.5. The molecule has 0 unspecified atom stereocenters. The summed E-state index contributed by atoms with van der Waals surface area (Å²) in [5.74, 6) is 0.508. The fraction of sp³-hybridized carbons (Fsp3) is 0.276. The minimum Gasteiger partial charge on any atom is -0.508 e. The Morgan fingerprint density at radius 2 is 1.68 bits per heavy atom. The lowest BCUT2D eigenvalue weighted by Crippen LogP contribution is -2.12. The molecule has 0 aliphatic carbocycles. The van der Waals surface area contributed by atoms with Gasteiger partial charge in [0.05, 0.1) is 12.1 Å². The van der Waals surface area contributed by atoms with Crippen LogP contribution >= 0.6 is 0 Å². The molecule has 1 heterocycles. The first kappa shape index (κ1) is 23.4. The maximum absolute atomic E-state index is 13.0. The summed E-state index contributed by atoms with van der Waals surface area (Å²) in [5.41, 5.74) is 4.38. The summed E-state index contributed by atoms with van der Waals surface area (Å²) in [5, 5.41) is 10.7. The van der Waals surface area contributed by atoms with E-state index in [2.05, 4.69) is 32.9 Å². The number of fused-ring (bicyclic) bond motifs is 1. The van der Waals surface area contributed by atoms with Gasteiger partial charge in [-0.2, -0.15) is 0 Å². The molecular formula is C29H31NO4. The minimum absolute atomic E-state index is 0.0940. The van der Waals surface area contributed by atoms with Crippen LogP contribution in [0.2, 0.25) is 0 Å². The van der Waals surface area contributed by atoms with Gasteiger partial charge in [0.1, 0.15) is 24.7 Å². The van der Waals surface area contributed by atoms with E-state index in [9.17, 15) is 9.90 Å². The van der Waals surface area contributed by atoms with Crippen LogP contribution in [0.3, 0.4) is 0 Å². The lowest BCUT2D eigenvalue weighted by atomic mass is 9.87. The van der Waals surface area contributed by atoms with Gasteiger partial charge in [-0.05, 0) is 53.8 Å². The Hall–Kier alpha value is -3.73. The van der Waals surface area contributed by atoms with E-state index in [1.54, 1.807) is 12.1 Å². The van der Waals surface area contributed by atoms with E-state index in [0.29, 0.717) is 24.1 Å². The standard InChI is InChI=1S/C29H31NO4/c1-20-27(28(32)34-19-21-8-6-5-7-9-21)25-18-23(31)12-15-26(25)30(20)16-17-33-24-13-10-22(11-14-24)29(2,3)4/h5-15,18,31H,16-17,19H2,1-4H3. The predicted octanol–water partition coefficient (Wildman–Crippen LogP) is 6.39. The number of rotatable bonds is 7. The lowest BCUT2D eigenvalue weighted by Gasteiger charge is -2.19. The molecule has 1 N–H and O–H groups in total. The molecule has 176 valence electrons. The van der Waals surface area contributed by atoms with Crippen molar-refractivity contribution >= 4 is 16.9 Å². The highest BCUT2D eigenvalue weighted by atomic mass is 16.5. The van der Waals surface area contributed by atoms with Crippen LogP contribution < -0.4 is 4.74 Å². The van der Waals surface area contributed by atoms with Crippen LogP contribution in [-0.2, 0) is 23.3 Å². The van der Waals surface area contributed by atoms with Gasteiger partial charge in [-0.15, -0.1) is 0 Å². The van der Waals surface area contributed by atoms with Crippen LogP contribution in [0.1, 0.15) is 48.0 Å². The third kappa shape index (κ3) is 5.09. The molecule has 0 saturated carbocycles. The van der Waals surface area contributed by atoms with Gasteiger partial charge in [0.2, 0.25) is 0 Å². The largest absolute Gasteiger partial charge is 0.508 e. The van der Waals surface area contributed by atoms with Crippen LogP contribution in [0.5, 0.6) is 11.5 Å². The topological polar surface area (TPSA) is 60.7 Å². The van der Waals surface area contributed by atoms with Crippen LogP contribution in [-0.4, -0.2) is 22.2 Å². The average molecular weight is 458 g/mol. The molecule has 4 rings (SSSR count). The van der Waals surface area contributed by atoms with Gasteiger partial charge < -0.3 is 19.1 Å². The van der Waals surface area contributed by atoms with E-state index in [-0.39, 0.29) is 17.8 Å². The van der Waals surface area contributed by atoms with Gasteiger partial charge >= 0.3 is 5.97 Å². The molecule has 5 nitrogen and oxygen atoms in total. The van der Waals surface area contributed by atoms with Crippen LogP contribution in [0, 0.1) is 6.92 Å². The smallest absolute Gasteiger partial charge is 0.340 e. The Kier molecular flexibility index (Phi) is 6.64. The molecule has 0 spiro atoms. The van der Waals surface area contributed by atoms with Crippen LogP contribution in [0.4, 0.5) is 0 Å². The van der Waals surface area contributed by atoms with Crippen molar-refractivity contribution in [2.45, 2.75) is 46.3 Å². The van der Waals surface area contributed by atoms with Gasteiger partial charge in [-0.1, -0.05) is 63.2 Å². The average Bonchev–Trinajstić information content (AvgIpc) is 3.08. The van der Waals surface area contributed by atoms with Gasteiger partial charge in [0, 0.05) is 16.6 Å². The number of ether oxygens (including phenoxy) is 2. The summed E-state index contributed by atoms with van der Waals surface area (Å²) in [7, 11) is 0. The maximum Gasteiger partial charge on any atom is 0.340 e. The minimum atomic E-state index is -0.408. The first-order valence-electron chi connectivity index (χ1n) is 11.5. The summed E-state index contributed by atoms with van der Waals surface area (Å²) in [6.45, 7) is 9.64. The van der Waals surface area contributed by atoms with Crippen LogP contribution in [0.15, 0.2) is 72.8 Å². The third-order valence-corrected chi connectivity index (χ3v) is 6.03. The molecule has 0 aliphatic heterocycles. The van der Waals surface area contributed by atoms with Crippen molar-refractivity contribution < 1.29 is 19.4 Å². The molecule has 3 aromatic carbocycles. The molecule has 0 bridgehead atoms. The summed E-state index contributed by atoms with van der Waals surface area (Å²) in [4.78, 5) is 13.0. The predicted molar refractivity (Wildman–Crippen MR) is 135 cm³/mol. The Bertz CT molecular complexity index is 1280. The second kappa shape index (κ2) is 9.64. The van der Waals surface area contributed by atoms with E-state index >= 15 is 0 Å². The Morgan fingerprint density at radius 1 is 0.971 bits per heavy atom. The Labute approximate surface area is 200 Å². The molecule has 0 saturated heterocycles. The van der Waals surface area contributed by atoms with E-state index < -0.39 is 5.97 Å². The molecule has 5 heteroatoms. The van der Waals surface area contributed by atoms with Crippen molar-refractivity contribution in [3.05, 3.63) is 95.2 Å². The number of carbonyl (C=O) groups is 1. The van der Waals surface area contributed by atoms with Crippen molar-refractivity contribution in [3.63, 3.8) is 0 Å². The highest BCUT2D eigenvalue weighted by Gasteiger charge is 2.22. The van der Waals surface area contributed by atoms with Gasteiger partial charge in [-0.3, -0.25) is 0 Å². The quantitative estimate of drug-likeness (QED) is 0.327. The van der Waals surface area contributed by atoms with Crippen molar-refractivity contribution in [1.29, 1.82) is 0 Å². The maximum atomic E-state index is 13.0. The van der Waals surface area contributed by atoms with E-state index in [0.717, 1.165) is 22.5 Å². The number of hydrogen-bond acceptors (Lipinski definition) is 4. The molecule has 4 aromatic rings. The third-order valence-electron chi connectivity index (χ3n) is 6.03. The molecule has 0 amide bonds.